The van der Waals surface area contributed by atoms with Crippen LogP contribution >= 0.6 is 0 Å². The van der Waals surface area contributed by atoms with Gasteiger partial charge in [0.05, 0.1) is 0 Å². The summed E-state index contributed by atoms with van der Waals surface area (Å²) in [5, 5.41) is 12.6. The molecular formula is C52H34. The van der Waals surface area contributed by atoms with Crippen LogP contribution in [0.1, 0.15) is 11.1 Å². The minimum Gasteiger partial charge on any atom is -0.0622 e. The summed E-state index contributed by atoms with van der Waals surface area (Å²) in [5.41, 5.74) is 10.0. The van der Waals surface area contributed by atoms with Gasteiger partial charge in [0.1, 0.15) is 0 Å². The topological polar surface area (TPSA) is 0 Å². The zero-order valence-corrected chi connectivity index (χ0v) is 28.6. The lowest BCUT2D eigenvalue weighted by molar-refractivity contribution is 1.66. The number of benzene rings is 10. The maximum absolute atomic E-state index is 2.33. The van der Waals surface area contributed by atoms with Crippen LogP contribution in [0.15, 0.2) is 194 Å². The molecule has 0 saturated carbocycles. The number of hydrogen-bond donors (Lipinski definition) is 0. The first-order valence-corrected chi connectivity index (χ1v) is 18.0. The molecule has 0 radical (unpaired) electrons. The van der Waals surface area contributed by atoms with E-state index in [9.17, 15) is 0 Å². The lowest BCUT2D eigenvalue weighted by Crippen LogP contribution is -1.92. The van der Waals surface area contributed by atoms with Gasteiger partial charge in [0.15, 0.2) is 0 Å². The van der Waals surface area contributed by atoms with Crippen LogP contribution in [0.4, 0.5) is 0 Å². The summed E-state index contributed by atoms with van der Waals surface area (Å²) in [6.45, 7) is 0. The lowest BCUT2D eigenvalue weighted by Gasteiger charge is -2.19. The van der Waals surface area contributed by atoms with Gasteiger partial charge in [-0.2, -0.15) is 0 Å². The van der Waals surface area contributed by atoms with Crippen molar-refractivity contribution in [3.8, 4) is 33.4 Å². The van der Waals surface area contributed by atoms with Crippen molar-refractivity contribution in [3.05, 3.63) is 205 Å². The molecule has 0 aliphatic heterocycles. The summed E-state index contributed by atoms with van der Waals surface area (Å²) in [4.78, 5) is 0. The third-order valence-corrected chi connectivity index (χ3v) is 10.7. The van der Waals surface area contributed by atoms with Gasteiger partial charge in [0.25, 0.3) is 0 Å². The summed E-state index contributed by atoms with van der Waals surface area (Å²) in [6.07, 6.45) is 4.58. The van der Waals surface area contributed by atoms with Crippen molar-refractivity contribution in [2.75, 3.05) is 0 Å². The maximum atomic E-state index is 2.33. The van der Waals surface area contributed by atoms with Crippen molar-refractivity contribution >= 4 is 66.0 Å². The molecule has 0 saturated heterocycles. The highest BCUT2D eigenvalue weighted by Crippen LogP contribution is 2.45. The molecular weight excluding hydrogens is 625 g/mol. The molecule has 0 aromatic heterocycles. The van der Waals surface area contributed by atoms with Gasteiger partial charge >= 0.3 is 0 Å². The Kier molecular flexibility index (Phi) is 7.25. The zero-order chi connectivity index (χ0) is 34.4. The Hall–Kier alpha value is -6.76. The van der Waals surface area contributed by atoms with Crippen molar-refractivity contribution in [2.24, 2.45) is 0 Å². The van der Waals surface area contributed by atoms with Crippen LogP contribution in [-0.4, -0.2) is 0 Å². The van der Waals surface area contributed by atoms with Gasteiger partial charge < -0.3 is 0 Å². The summed E-state index contributed by atoms with van der Waals surface area (Å²) < 4.78 is 0. The largest absolute Gasteiger partial charge is 0.0622 e. The Bertz CT molecular complexity index is 2940. The average Bonchev–Trinajstić information content (AvgIpc) is 3.22. The average molecular weight is 659 g/mol. The highest BCUT2D eigenvalue weighted by Gasteiger charge is 2.18. The molecule has 242 valence electrons. The van der Waals surface area contributed by atoms with Crippen LogP contribution in [0.2, 0.25) is 0 Å². The van der Waals surface area contributed by atoms with Crippen molar-refractivity contribution in [1.82, 2.24) is 0 Å². The van der Waals surface area contributed by atoms with Crippen LogP contribution in [0.5, 0.6) is 0 Å². The molecule has 0 heteroatoms. The first kappa shape index (κ1) is 30.1. The molecule has 0 atom stereocenters. The van der Waals surface area contributed by atoms with Crippen molar-refractivity contribution < 1.29 is 0 Å². The second kappa shape index (κ2) is 12.5. The minimum atomic E-state index is 1.20. The molecule has 0 bridgehead atoms. The molecule has 0 fully saturated rings. The predicted molar refractivity (Wildman–Crippen MR) is 226 cm³/mol. The highest BCUT2D eigenvalue weighted by molar-refractivity contribution is 6.24. The van der Waals surface area contributed by atoms with Gasteiger partial charge in [-0.3, -0.25) is 0 Å². The van der Waals surface area contributed by atoms with Crippen molar-refractivity contribution in [3.63, 3.8) is 0 Å². The molecule has 0 spiro atoms. The number of rotatable bonds is 5. The Balaban J connectivity index is 1.13. The first-order chi connectivity index (χ1) is 25.8. The van der Waals surface area contributed by atoms with E-state index in [2.05, 4.69) is 206 Å². The van der Waals surface area contributed by atoms with Gasteiger partial charge in [-0.1, -0.05) is 206 Å². The monoisotopic (exact) mass is 658 g/mol. The molecule has 0 nitrogen and oxygen atoms in total. The fourth-order valence-electron chi connectivity index (χ4n) is 8.36. The summed E-state index contributed by atoms with van der Waals surface area (Å²) in [6, 6.07) is 70.8. The van der Waals surface area contributed by atoms with Gasteiger partial charge in [-0.05, 0) is 98.4 Å². The minimum absolute atomic E-state index is 1.20. The normalized spacial score (nSPS) is 11.8. The van der Waals surface area contributed by atoms with Gasteiger partial charge in [0, 0.05) is 0 Å². The van der Waals surface area contributed by atoms with Crippen LogP contribution < -0.4 is 0 Å². The summed E-state index contributed by atoms with van der Waals surface area (Å²) in [5.74, 6) is 0. The van der Waals surface area contributed by atoms with E-state index in [4.69, 9.17) is 0 Å². The van der Waals surface area contributed by atoms with Gasteiger partial charge in [-0.25, -0.2) is 0 Å². The van der Waals surface area contributed by atoms with E-state index in [1.54, 1.807) is 0 Å². The van der Waals surface area contributed by atoms with E-state index in [0.29, 0.717) is 0 Å². The maximum Gasteiger partial charge on any atom is -0.00201 e. The standard InChI is InChI=1S/C52H34/c1-2-16-38(17-3-1)51-46-24-10-12-26-48(46)52(49-27-13-11-25-47(49)51)50-34-32-37(41-21-7-9-23-44(41)50)30-29-36-31-33-45(42-22-8-6-20-40(36)42)43-28-14-18-35-15-4-5-19-39(35)43/h1-34H. The molecule has 10 rings (SSSR count). The lowest BCUT2D eigenvalue weighted by atomic mass is 9.84. The molecule has 52 heavy (non-hydrogen) atoms. The first-order valence-electron chi connectivity index (χ1n) is 18.0. The van der Waals surface area contributed by atoms with Crippen LogP contribution in [0.25, 0.3) is 99.4 Å². The van der Waals surface area contributed by atoms with Crippen LogP contribution in [-0.2, 0) is 0 Å². The van der Waals surface area contributed by atoms with E-state index in [1.165, 1.54) is 98.4 Å². The smallest absolute Gasteiger partial charge is 0.00201 e. The van der Waals surface area contributed by atoms with E-state index < -0.39 is 0 Å². The summed E-state index contributed by atoms with van der Waals surface area (Å²) >= 11 is 0. The Morgan fingerprint density at radius 3 is 1.23 bits per heavy atom. The molecule has 0 heterocycles. The number of hydrogen-bond acceptors (Lipinski definition) is 0. The third-order valence-electron chi connectivity index (χ3n) is 10.7. The Labute approximate surface area is 303 Å². The van der Waals surface area contributed by atoms with Crippen molar-refractivity contribution in [2.45, 2.75) is 0 Å². The third kappa shape index (κ3) is 4.92. The fourth-order valence-corrected chi connectivity index (χ4v) is 8.36. The van der Waals surface area contributed by atoms with Crippen LogP contribution in [0.3, 0.4) is 0 Å². The number of fused-ring (bicyclic) bond motifs is 5. The van der Waals surface area contributed by atoms with E-state index in [1.807, 2.05) is 0 Å². The van der Waals surface area contributed by atoms with Crippen molar-refractivity contribution in [1.29, 1.82) is 0 Å². The molecule has 0 N–H and O–H groups in total. The quantitative estimate of drug-likeness (QED) is 0.128. The predicted octanol–water partition coefficient (Wildman–Crippen LogP) is 14.6. The molecule has 0 aliphatic carbocycles. The molecule has 10 aromatic carbocycles. The molecule has 0 aliphatic rings. The second-order valence-electron chi connectivity index (χ2n) is 13.6. The van der Waals surface area contributed by atoms with E-state index in [0.717, 1.165) is 0 Å². The molecule has 10 aromatic rings. The molecule has 0 unspecified atom stereocenters. The highest BCUT2D eigenvalue weighted by atomic mass is 14.2. The Morgan fingerprint density at radius 1 is 0.231 bits per heavy atom. The second-order valence-corrected chi connectivity index (χ2v) is 13.6. The van der Waals surface area contributed by atoms with Gasteiger partial charge in [-0.15, -0.1) is 0 Å². The van der Waals surface area contributed by atoms with Gasteiger partial charge in [0.2, 0.25) is 0 Å². The summed E-state index contributed by atoms with van der Waals surface area (Å²) in [7, 11) is 0. The zero-order valence-electron chi connectivity index (χ0n) is 28.6. The Morgan fingerprint density at radius 2 is 0.635 bits per heavy atom. The van der Waals surface area contributed by atoms with E-state index >= 15 is 0 Å². The van der Waals surface area contributed by atoms with E-state index in [-0.39, 0.29) is 0 Å². The van der Waals surface area contributed by atoms with Crippen LogP contribution in [0, 0.1) is 0 Å². The SMILES string of the molecule is C(=Cc1ccc(-c2c3ccccc3c(-c3ccccc3)c3ccccc23)c2ccccc12)c1ccc(-c2cccc3ccccc23)c2ccccc12. The fraction of sp³-hybridized carbons (Fsp3) is 0. The molecule has 0 amide bonds.